The van der Waals surface area contributed by atoms with Crippen LogP contribution >= 0.6 is 35.0 Å². The number of nitrogens with one attached hydrogen (secondary N) is 1. The topological polar surface area (TPSA) is 58.6 Å². The van der Waals surface area contributed by atoms with E-state index >= 15 is 0 Å². The van der Waals surface area contributed by atoms with Gasteiger partial charge in [0.1, 0.15) is 11.8 Å². The van der Waals surface area contributed by atoms with Crippen LogP contribution in [0, 0.1) is 0 Å². The Morgan fingerprint density at radius 2 is 1.88 bits per heavy atom. The number of carbonyl (C=O) groups is 2. The first-order chi connectivity index (χ1) is 15.8. The Hall–Kier alpha value is -1.89. The molecule has 0 bridgehead atoms. The summed E-state index contributed by atoms with van der Waals surface area (Å²) >= 11 is 13.7. The van der Waals surface area contributed by atoms with Crippen molar-refractivity contribution in [1.29, 1.82) is 0 Å². The van der Waals surface area contributed by atoms with Gasteiger partial charge in [0.2, 0.25) is 11.8 Å². The van der Waals surface area contributed by atoms with E-state index in [0.29, 0.717) is 34.5 Å². The van der Waals surface area contributed by atoms with E-state index in [1.54, 1.807) is 24.1 Å². The molecule has 2 aromatic rings. The van der Waals surface area contributed by atoms with Crippen LogP contribution in [0.4, 0.5) is 0 Å². The van der Waals surface area contributed by atoms with Gasteiger partial charge in [0.15, 0.2) is 0 Å². The second-order valence-corrected chi connectivity index (χ2v) is 9.67. The third-order valence-corrected chi connectivity index (χ3v) is 6.93. The van der Waals surface area contributed by atoms with Crippen molar-refractivity contribution in [1.82, 2.24) is 10.2 Å². The molecule has 0 aliphatic carbocycles. The number of hydrogen-bond donors (Lipinski definition) is 1. The summed E-state index contributed by atoms with van der Waals surface area (Å²) in [6.45, 7) is 6.23. The maximum atomic E-state index is 13.3. The van der Waals surface area contributed by atoms with Gasteiger partial charge in [-0.1, -0.05) is 55.2 Å². The van der Waals surface area contributed by atoms with Crippen molar-refractivity contribution >= 4 is 46.8 Å². The van der Waals surface area contributed by atoms with Gasteiger partial charge < -0.3 is 15.0 Å². The third kappa shape index (κ3) is 8.43. The molecule has 1 N–H and O–H groups in total. The van der Waals surface area contributed by atoms with Gasteiger partial charge in [0, 0.05) is 28.4 Å². The lowest BCUT2D eigenvalue weighted by Crippen LogP contribution is -2.51. The van der Waals surface area contributed by atoms with Crippen LogP contribution in [0.5, 0.6) is 5.75 Å². The molecule has 5 nitrogen and oxygen atoms in total. The minimum atomic E-state index is -0.558. The summed E-state index contributed by atoms with van der Waals surface area (Å²) in [4.78, 5) is 28.0. The molecule has 0 saturated carbocycles. The normalized spacial score (nSPS) is 12.7. The molecule has 0 aliphatic rings. The first kappa shape index (κ1) is 27.4. The van der Waals surface area contributed by atoms with Gasteiger partial charge in [-0.3, -0.25) is 9.59 Å². The van der Waals surface area contributed by atoms with Gasteiger partial charge in [-0.05, 0) is 55.2 Å². The molecule has 8 heteroatoms. The maximum absolute atomic E-state index is 13.3. The van der Waals surface area contributed by atoms with E-state index in [4.69, 9.17) is 27.9 Å². The standard InChI is InChI=1S/C25H32Cl2N2O3S/c1-5-17(3)28-25(31)23(6-2)29(14-18-8-7-9-21(12-18)32-4)24(30)16-33-15-19-10-11-20(26)13-22(19)27/h7-13,17,23H,5-6,14-16H2,1-4H3,(H,28,31)/t17-,23-/m1/s1. The highest BCUT2D eigenvalue weighted by molar-refractivity contribution is 7.99. The van der Waals surface area contributed by atoms with Crippen molar-refractivity contribution in [2.45, 2.75) is 58.0 Å². The number of benzene rings is 2. The quantitative estimate of drug-likeness (QED) is 0.382. The van der Waals surface area contributed by atoms with Crippen LogP contribution < -0.4 is 10.1 Å². The lowest BCUT2D eigenvalue weighted by atomic mass is 10.1. The predicted molar refractivity (Wildman–Crippen MR) is 138 cm³/mol. The Kier molecular flexibility index (Phi) is 11.4. The lowest BCUT2D eigenvalue weighted by molar-refractivity contribution is -0.139. The second kappa shape index (κ2) is 13.7. The molecule has 0 unspecified atom stereocenters. The summed E-state index contributed by atoms with van der Waals surface area (Å²) in [6, 6.07) is 12.4. The summed E-state index contributed by atoms with van der Waals surface area (Å²) < 4.78 is 5.32. The SMILES string of the molecule is CC[C@@H](C)NC(=O)[C@@H](CC)N(Cc1cccc(OC)c1)C(=O)CSCc1ccc(Cl)cc1Cl. The molecule has 2 atom stereocenters. The van der Waals surface area contributed by atoms with Gasteiger partial charge >= 0.3 is 0 Å². The highest BCUT2D eigenvalue weighted by Crippen LogP contribution is 2.25. The van der Waals surface area contributed by atoms with Crippen molar-refractivity contribution in [3.05, 3.63) is 63.6 Å². The van der Waals surface area contributed by atoms with Crippen molar-refractivity contribution < 1.29 is 14.3 Å². The van der Waals surface area contributed by atoms with E-state index in [1.165, 1.54) is 11.8 Å². The third-order valence-electron chi connectivity index (χ3n) is 5.37. The van der Waals surface area contributed by atoms with Gasteiger partial charge in [-0.25, -0.2) is 0 Å². The van der Waals surface area contributed by atoms with Crippen LogP contribution in [0.1, 0.15) is 44.7 Å². The fourth-order valence-electron chi connectivity index (χ4n) is 3.30. The number of rotatable bonds is 12. The van der Waals surface area contributed by atoms with Crippen LogP contribution in [0.2, 0.25) is 10.0 Å². The second-order valence-electron chi connectivity index (χ2n) is 7.84. The van der Waals surface area contributed by atoms with E-state index in [-0.39, 0.29) is 23.6 Å². The highest BCUT2D eigenvalue weighted by Gasteiger charge is 2.29. The Labute approximate surface area is 211 Å². The number of amides is 2. The first-order valence-electron chi connectivity index (χ1n) is 11.0. The number of nitrogens with zero attached hydrogens (tertiary/aromatic N) is 1. The largest absolute Gasteiger partial charge is 0.497 e. The summed E-state index contributed by atoms with van der Waals surface area (Å²) in [5.74, 6) is 1.29. The van der Waals surface area contributed by atoms with Gasteiger partial charge in [-0.2, -0.15) is 0 Å². The molecular formula is C25H32Cl2N2O3S. The van der Waals surface area contributed by atoms with Gasteiger partial charge in [0.05, 0.1) is 12.9 Å². The highest BCUT2D eigenvalue weighted by atomic mass is 35.5. The molecule has 2 amide bonds. The molecule has 2 rings (SSSR count). The van der Waals surface area contributed by atoms with Gasteiger partial charge in [-0.15, -0.1) is 11.8 Å². The molecule has 0 spiro atoms. The minimum Gasteiger partial charge on any atom is -0.497 e. The molecule has 0 radical (unpaired) electrons. The Bertz CT molecular complexity index is 942. The van der Waals surface area contributed by atoms with Crippen LogP contribution in [0.3, 0.4) is 0 Å². The summed E-state index contributed by atoms with van der Waals surface area (Å²) in [7, 11) is 1.61. The molecular weight excluding hydrogens is 479 g/mol. The summed E-state index contributed by atoms with van der Waals surface area (Å²) in [5, 5.41) is 4.18. The van der Waals surface area contributed by atoms with Gasteiger partial charge in [0.25, 0.3) is 0 Å². The zero-order valence-corrected chi connectivity index (χ0v) is 21.9. The Morgan fingerprint density at radius 1 is 1.12 bits per heavy atom. The minimum absolute atomic E-state index is 0.0433. The molecule has 0 fully saturated rings. The maximum Gasteiger partial charge on any atom is 0.243 e. The first-order valence-corrected chi connectivity index (χ1v) is 12.9. The summed E-state index contributed by atoms with van der Waals surface area (Å²) in [5.41, 5.74) is 1.82. The zero-order chi connectivity index (χ0) is 24.4. The predicted octanol–water partition coefficient (Wildman–Crippen LogP) is 5.96. The number of carbonyl (C=O) groups excluding carboxylic acids is 2. The number of methoxy groups -OCH3 is 1. The molecule has 2 aromatic carbocycles. The fourth-order valence-corrected chi connectivity index (χ4v) is 4.77. The molecule has 33 heavy (non-hydrogen) atoms. The molecule has 0 heterocycles. The average Bonchev–Trinajstić information content (AvgIpc) is 2.80. The Balaban J connectivity index is 2.18. The Morgan fingerprint density at radius 3 is 2.52 bits per heavy atom. The average molecular weight is 512 g/mol. The number of ether oxygens (including phenoxy) is 1. The smallest absolute Gasteiger partial charge is 0.243 e. The molecule has 0 aliphatic heterocycles. The fraction of sp³-hybridized carbons (Fsp3) is 0.440. The van der Waals surface area contributed by atoms with Crippen molar-refractivity contribution in [3.63, 3.8) is 0 Å². The number of thioether (sulfide) groups is 1. The molecule has 0 aromatic heterocycles. The molecule has 0 saturated heterocycles. The lowest BCUT2D eigenvalue weighted by Gasteiger charge is -2.31. The van der Waals surface area contributed by atoms with E-state index in [1.807, 2.05) is 51.1 Å². The van der Waals surface area contributed by atoms with E-state index in [0.717, 1.165) is 17.5 Å². The van der Waals surface area contributed by atoms with Crippen LogP contribution in [-0.2, 0) is 21.9 Å². The molecule has 180 valence electrons. The van der Waals surface area contributed by atoms with Crippen LogP contribution in [0.25, 0.3) is 0 Å². The van der Waals surface area contributed by atoms with Crippen LogP contribution in [-0.4, -0.2) is 41.7 Å². The zero-order valence-electron chi connectivity index (χ0n) is 19.6. The van der Waals surface area contributed by atoms with E-state index in [9.17, 15) is 9.59 Å². The number of halogens is 2. The van der Waals surface area contributed by atoms with Crippen molar-refractivity contribution in [2.24, 2.45) is 0 Å². The van der Waals surface area contributed by atoms with E-state index < -0.39 is 6.04 Å². The van der Waals surface area contributed by atoms with Crippen molar-refractivity contribution in [2.75, 3.05) is 12.9 Å². The van der Waals surface area contributed by atoms with Crippen LogP contribution in [0.15, 0.2) is 42.5 Å². The summed E-state index contributed by atoms with van der Waals surface area (Å²) in [6.07, 6.45) is 1.34. The monoisotopic (exact) mass is 510 g/mol. The number of hydrogen-bond acceptors (Lipinski definition) is 4. The van der Waals surface area contributed by atoms with Crippen molar-refractivity contribution in [3.8, 4) is 5.75 Å². The van der Waals surface area contributed by atoms with E-state index in [2.05, 4.69) is 5.32 Å².